The van der Waals surface area contributed by atoms with E-state index in [1.54, 1.807) is 29.4 Å². The molecule has 0 fully saturated rings. The predicted octanol–water partition coefficient (Wildman–Crippen LogP) is 3.43. The molecule has 0 saturated carbocycles. The molecule has 0 spiro atoms. The van der Waals surface area contributed by atoms with Crippen LogP contribution >= 0.6 is 0 Å². The standard InChI is InChI=1S/C20H15F2N5O/c21-12-2-3-15(22)13(8-12)19-14-9-27(6-5-16(14)25-26-19)20(28)11-1-4-17-18(7-11)24-10-23-17/h1-4,7-8,10H,5-6,9H2,(H,23,24)(H,25,26). The van der Waals surface area contributed by atoms with Gasteiger partial charge in [-0.2, -0.15) is 5.10 Å². The van der Waals surface area contributed by atoms with E-state index in [0.717, 1.165) is 34.9 Å². The van der Waals surface area contributed by atoms with Crippen LogP contribution < -0.4 is 0 Å². The fourth-order valence-corrected chi connectivity index (χ4v) is 3.62. The van der Waals surface area contributed by atoms with Crippen LogP contribution in [0.4, 0.5) is 8.78 Å². The van der Waals surface area contributed by atoms with E-state index in [4.69, 9.17) is 0 Å². The molecule has 8 heteroatoms. The van der Waals surface area contributed by atoms with Crippen molar-refractivity contribution in [3.63, 3.8) is 0 Å². The Morgan fingerprint density at radius 1 is 1.14 bits per heavy atom. The summed E-state index contributed by atoms with van der Waals surface area (Å²) in [5, 5.41) is 7.09. The molecular weight excluding hydrogens is 364 g/mol. The third-order valence-corrected chi connectivity index (χ3v) is 5.07. The lowest BCUT2D eigenvalue weighted by Crippen LogP contribution is -2.35. The van der Waals surface area contributed by atoms with E-state index < -0.39 is 11.6 Å². The van der Waals surface area contributed by atoms with E-state index in [-0.39, 0.29) is 18.0 Å². The third-order valence-electron chi connectivity index (χ3n) is 5.07. The van der Waals surface area contributed by atoms with Gasteiger partial charge in [0.15, 0.2) is 0 Å². The van der Waals surface area contributed by atoms with E-state index in [2.05, 4.69) is 20.2 Å². The highest BCUT2D eigenvalue weighted by Crippen LogP contribution is 2.31. The van der Waals surface area contributed by atoms with Crippen molar-refractivity contribution in [1.29, 1.82) is 0 Å². The summed E-state index contributed by atoms with van der Waals surface area (Å²) in [5.41, 5.74) is 4.10. The number of halogens is 2. The Morgan fingerprint density at radius 3 is 2.93 bits per heavy atom. The summed E-state index contributed by atoms with van der Waals surface area (Å²) < 4.78 is 27.9. The van der Waals surface area contributed by atoms with Crippen LogP contribution in [0.2, 0.25) is 0 Å². The number of carbonyl (C=O) groups is 1. The third kappa shape index (κ3) is 2.65. The quantitative estimate of drug-likeness (QED) is 0.560. The minimum absolute atomic E-state index is 0.0886. The van der Waals surface area contributed by atoms with Crippen LogP contribution in [0.1, 0.15) is 21.6 Å². The van der Waals surface area contributed by atoms with Crippen molar-refractivity contribution in [3.05, 3.63) is 71.2 Å². The molecule has 4 aromatic rings. The van der Waals surface area contributed by atoms with Crippen LogP contribution in [0.5, 0.6) is 0 Å². The highest BCUT2D eigenvalue weighted by atomic mass is 19.1. The highest BCUT2D eigenvalue weighted by Gasteiger charge is 2.27. The number of carbonyl (C=O) groups excluding carboxylic acids is 1. The lowest BCUT2D eigenvalue weighted by Gasteiger charge is -2.27. The van der Waals surface area contributed by atoms with Gasteiger partial charge in [-0.25, -0.2) is 13.8 Å². The molecular formula is C20H15F2N5O. The molecule has 140 valence electrons. The van der Waals surface area contributed by atoms with Gasteiger partial charge in [0.2, 0.25) is 0 Å². The maximum atomic E-state index is 14.2. The van der Waals surface area contributed by atoms with Crippen LogP contribution in [0, 0.1) is 11.6 Å². The number of H-pyrrole nitrogens is 2. The van der Waals surface area contributed by atoms with Gasteiger partial charge in [0.1, 0.15) is 17.3 Å². The van der Waals surface area contributed by atoms with Crippen LogP contribution in [-0.4, -0.2) is 37.5 Å². The molecule has 3 heterocycles. The maximum absolute atomic E-state index is 14.2. The van der Waals surface area contributed by atoms with Gasteiger partial charge in [-0.3, -0.25) is 9.89 Å². The van der Waals surface area contributed by atoms with E-state index in [1.807, 2.05) is 0 Å². The Labute approximate surface area is 158 Å². The SMILES string of the molecule is O=C(c1ccc2nc[nH]c2c1)N1CCc2[nH]nc(-c3cc(F)ccc3F)c2C1. The summed E-state index contributed by atoms with van der Waals surface area (Å²) in [5.74, 6) is -1.22. The molecule has 0 aliphatic carbocycles. The number of rotatable bonds is 2. The summed E-state index contributed by atoms with van der Waals surface area (Å²) in [6.07, 6.45) is 2.15. The highest BCUT2D eigenvalue weighted by molar-refractivity contribution is 5.97. The molecule has 1 aliphatic heterocycles. The number of aromatic nitrogens is 4. The first kappa shape index (κ1) is 16.6. The Hall–Kier alpha value is -3.55. The first-order chi connectivity index (χ1) is 13.6. The van der Waals surface area contributed by atoms with Crippen LogP contribution in [-0.2, 0) is 13.0 Å². The summed E-state index contributed by atoms with van der Waals surface area (Å²) in [6, 6.07) is 8.57. The van der Waals surface area contributed by atoms with Gasteiger partial charge in [-0.1, -0.05) is 0 Å². The first-order valence-electron chi connectivity index (χ1n) is 8.84. The van der Waals surface area contributed by atoms with Crippen LogP contribution in [0.15, 0.2) is 42.7 Å². The van der Waals surface area contributed by atoms with Crippen molar-refractivity contribution >= 4 is 16.9 Å². The zero-order valence-corrected chi connectivity index (χ0v) is 14.7. The van der Waals surface area contributed by atoms with Crippen molar-refractivity contribution < 1.29 is 13.6 Å². The minimum atomic E-state index is -0.552. The van der Waals surface area contributed by atoms with Gasteiger partial charge >= 0.3 is 0 Å². The molecule has 0 bridgehead atoms. The predicted molar refractivity (Wildman–Crippen MR) is 98.5 cm³/mol. The van der Waals surface area contributed by atoms with Crippen molar-refractivity contribution in [3.8, 4) is 11.3 Å². The van der Waals surface area contributed by atoms with Crippen molar-refractivity contribution in [2.24, 2.45) is 0 Å². The Morgan fingerprint density at radius 2 is 2.04 bits per heavy atom. The minimum Gasteiger partial charge on any atom is -0.345 e. The van der Waals surface area contributed by atoms with Gasteiger partial charge in [0.25, 0.3) is 5.91 Å². The van der Waals surface area contributed by atoms with Crippen molar-refractivity contribution in [2.75, 3.05) is 6.54 Å². The number of hydrogen-bond donors (Lipinski definition) is 2. The molecule has 2 aromatic carbocycles. The number of benzene rings is 2. The molecule has 0 radical (unpaired) electrons. The molecule has 1 aliphatic rings. The van der Waals surface area contributed by atoms with E-state index in [0.29, 0.717) is 29.8 Å². The molecule has 28 heavy (non-hydrogen) atoms. The fraction of sp³-hybridized carbons (Fsp3) is 0.150. The van der Waals surface area contributed by atoms with E-state index in [9.17, 15) is 13.6 Å². The monoisotopic (exact) mass is 379 g/mol. The lowest BCUT2D eigenvalue weighted by molar-refractivity contribution is 0.0735. The molecule has 5 rings (SSSR count). The Bertz CT molecular complexity index is 1210. The first-order valence-corrected chi connectivity index (χ1v) is 8.84. The smallest absolute Gasteiger partial charge is 0.254 e. The van der Waals surface area contributed by atoms with Crippen LogP contribution in [0.25, 0.3) is 22.3 Å². The summed E-state index contributed by atoms with van der Waals surface area (Å²) in [7, 11) is 0. The number of amides is 1. The molecule has 0 atom stereocenters. The molecule has 2 N–H and O–H groups in total. The number of imidazole rings is 1. The average molecular weight is 379 g/mol. The van der Waals surface area contributed by atoms with Gasteiger partial charge in [-0.15, -0.1) is 0 Å². The number of nitrogens with one attached hydrogen (secondary N) is 2. The summed E-state index contributed by atoms with van der Waals surface area (Å²) in [6.45, 7) is 0.789. The second kappa shape index (κ2) is 6.26. The van der Waals surface area contributed by atoms with Crippen molar-refractivity contribution in [1.82, 2.24) is 25.1 Å². The second-order valence-electron chi connectivity index (χ2n) is 6.76. The Kier molecular flexibility index (Phi) is 3.71. The van der Waals surface area contributed by atoms with Crippen LogP contribution in [0.3, 0.4) is 0 Å². The number of nitrogens with zero attached hydrogens (tertiary/aromatic N) is 3. The zero-order chi connectivity index (χ0) is 19.3. The van der Waals surface area contributed by atoms with E-state index >= 15 is 0 Å². The van der Waals surface area contributed by atoms with Gasteiger partial charge in [0.05, 0.1) is 17.4 Å². The maximum Gasteiger partial charge on any atom is 0.254 e. The number of hydrogen-bond acceptors (Lipinski definition) is 3. The largest absolute Gasteiger partial charge is 0.345 e. The molecule has 1 amide bonds. The second-order valence-corrected chi connectivity index (χ2v) is 6.76. The lowest BCUT2D eigenvalue weighted by atomic mass is 10.00. The van der Waals surface area contributed by atoms with E-state index in [1.165, 1.54) is 0 Å². The zero-order valence-electron chi connectivity index (χ0n) is 14.7. The molecule has 0 unspecified atom stereocenters. The average Bonchev–Trinajstić information content (AvgIpc) is 3.34. The fourth-order valence-electron chi connectivity index (χ4n) is 3.62. The summed E-state index contributed by atoms with van der Waals surface area (Å²) >= 11 is 0. The Balaban J connectivity index is 1.48. The number of fused-ring (bicyclic) bond motifs is 2. The summed E-state index contributed by atoms with van der Waals surface area (Å²) in [4.78, 5) is 21.8. The van der Waals surface area contributed by atoms with Gasteiger partial charge in [0, 0.05) is 41.9 Å². The molecule has 0 saturated heterocycles. The number of aromatic amines is 2. The topological polar surface area (TPSA) is 77.7 Å². The molecule has 6 nitrogen and oxygen atoms in total. The normalized spacial score (nSPS) is 13.7. The van der Waals surface area contributed by atoms with Gasteiger partial charge < -0.3 is 9.88 Å². The van der Waals surface area contributed by atoms with Crippen molar-refractivity contribution in [2.45, 2.75) is 13.0 Å². The molecule has 2 aromatic heterocycles. The van der Waals surface area contributed by atoms with Gasteiger partial charge in [-0.05, 0) is 36.4 Å².